The normalized spacial score (nSPS) is 23.7. The van der Waals surface area contributed by atoms with Crippen molar-refractivity contribution in [1.29, 1.82) is 0 Å². The number of urea groups is 1. The monoisotopic (exact) mass is 313 g/mol. The van der Waals surface area contributed by atoms with E-state index in [1.807, 2.05) is 6.92 Å². The second kappa shape index (κ2) is 6.40. The van der Waals surface area contributed by atoms with Crippen molar-refractivity contribution in [1.82, 2.24) is 15.2 Å². The van der Waals surface area contributed by atoms with Crippen LogP contribution in [0.4, 0.5) is 4.79 Å². The van der Waals surface area contributed by atoms with Gasteiger partial charge in [-0.1, -0.05) is 6.92 Å². The van der Waals surface area contributed by atoms with Crippen LogP contribution in [0.5, 0.6) is 0 Å². The number of thiazole rings is 1. The van der Waals surface area contributed by atoms with Gasteiger partial charge in [0.15, 0.2) is 5.69 Å². The lowest BCUT2D eigenvalue weighted by molar-refractivity contribution is 0.0431. The number of amides is 2. The molecule has 3 atom stereocenters. The van der Waals surface area contributed by atoms with Crippen LogP contribution >= 0.6 is 11.3 Å². The zero-order chi connectivity index (χ0) is 15.6. The summed E-state index contributed by atoms with van der Waals surface area (Å²) in [6.07, 6.45) is 0.266. The van der Waals surface area contributed by atoms with Crippen molar-refractivity contribution >= 4 is 23.3 Å². The second-order valence-electron chi connectivity index (χ2n) is 5.33. The van der Waals surface area contributed by atoms with Crippen LogP contribution < -0.4 is 5.32 Å². The summed E-state index contributed by atoms with van der Waals surface area (Å²) in [5, 5.41) is 23.4. The fourth-order valence-electron chi connectivity index (χ4n) is 2.16. The van der Waals surface area contributed by atoms with Crippen LogP contribution in [-0.2, 0) is 0 Å². The second-order valence-corrected chi connectivity index (χ2v) is 6.22. The number of aliphatic hydroxyl groups excluding tert-OH is 1. The summed E-state index contributed by atoms with van der Waals surface area (Å²) in [5.41, 5.74) is -0.0154. The number of hydrogen-bond acceptors (Lipinski definition) is 5. The molecule has 0 saturated carbocycles. The van der Waals surface area contributed by atoms with E-state index >= 15 is 0 Å². The van der Waals surface area contributed by atoms with Crippen LogP contribution in [0.1, 0.15) is 41.8 Å². The minimum atomic E-state index is -1.08. The van der Waals surface area contributed by atoms with E-state index in [0.717, 1.165) is 6.42 Å². The maximum Gasteiger partial charge on any atom is 0.355 e. The SMILES string of the molecule is CC(NC(=O)N1CCC(C)C(O)C1)c1nc(C(=O)O)cs1. The van der Waals surface area contributed by atoms with Gasteiger partial charge in [-0.2, -0.15) is 0 Å². The summed E-state index contributed by atoms with van der Waals surface area (Å²) in [4.78, 5) is 28.5. The molecule has 116 valence electrons. The third kappa shape index (κ3) is 3.70. The molecule has 0 bridgehead atoms. The van der Waals surface area contributed by atoms with Gasteiger partial charge in [-0.15, -0.1) is 11.3 Å². The molecule has 0 spiro atoms. The van der Waals surface area contributed by atoms with E-state index in [4.69, 9.17) is 5.11 Å². The Balaban J connectivity index is 1.93. The van der Waals surface area contributed by atoms with Gasteiger partial charge < -0.3 is 20.4 Å². The van der Waals surface area contributed by atoms with Crippen LogP contribution in [-0.4, -0.2) is 51.3 Å². The molecule has 0 aliphatic carbocycles. The van der Waals surface area contributed by atoms with Crippen LogP contribution in [0.25, 0.3) is 0 Å². The number of hydrogen-bond donors (Lipinski definition) is 3. The quantitative estimate of drug-likeness (QED) is 0.781. The van der Waals surface area contributed by atoms with E-state index in [0.29, 0.717) is 18.1 Å². The standard InChI is InChI=1S/C13H19N3O4S/c1-7-3-4-16(5-10(7)17)13(20)14-8(2)11-15-9(6-21-11)12(18)19/h6-8,10,17H,3-5H2,1-2H3,(H,14,20)(H,18,19). The molecule has 1 saturated heterocycles. The molecule has 1 fully saturated rings. The van der Waals surface area contributed by atoms with Crippen molar-refractivity contribution in [2.24, 2.45) is 5.92 Å². The first-order valence-corrected chi connectivity index (χ1v) is 7.68. The predicted octanol–water partition coefficient (Wildman–Crippen LogP) is 1.31. The third-order valence-electron chi connectivity index (χ3n) is 3.66. The van der Waals surface area contributed by atoms with Gasteiger partial charge in [0.1, 0.15) is 5.01 Å². The number of β-amino-alcohol motifs (C(OH)–C–C–N with tert-alkyl or cyclic N) is 1. The van der Waals surface area contributed by atoms with Crippen molar-refractivity contribution in [3.8, 4) is 0 Å². The number of rotatable bonds is 3. The number of likely N-dealkylation sites (tertiary alicyclic amines) is 1. The highest BCUT2D eigenvalue weighted by molar-refractivity contribution is 7.09. The molecule has 1 aromatic rings. The molecule has 1 aliphatic rings. The molecule has 3 N–H and O–H groups in total. The molecule has 21 heavy (non-hydrogen) atoms. The molecule has 2 rings (SSSR count). The first-order valence-electron chi connectivity index (χ1n) is 6.80. The number of aromatic nitrogens is 1. The molecular formula is C13H19N3O4S. The third-order valence-corrected chi connectivity index (χ3v) is 4.68. The first kappa shape index (κ1) is 15.7. The molecule has 1 aliphatic heterocycles. The lowest BCUT2D eigenvalue weighted by Crippen LogP contribution is -2.50. The zero-order valence-corrected chi connectivity index (χ0v) is 12.8. The van der Waals surface area contributed by atoms with E-state index in [2.05, 4.69) is 10.3 Å². The minimum Gasteiger partial charge on any atom is -0.476 e. The topological polar surface area (TPSA) is 103 Å². The highest BCUT2D eigenvalue weighted by Crippen LogP contribution is 2.20. The fraction of sp³-hybridized carbons (Fsp3) is 0.615. The first-order chi connectivity index (χ1) is 9.88. The van der Waals surface area contributed by atoms with Crippen molar-refractivity contribution in [3.63, 3.8) is 0 Å². The molecule has 7 nitrogen and oxygen atoms in total. The Morgan fingerprint density at radius 3 is 2.86 bits per heavy atom. The van der Waals surface area contributed by atoms with E-state index in [1.165, 1.54) is 16.7 Å². The summed E-state index contributed by atoms with van der Waals surface area (Å²) >= 11 is 1.20. The van der Waals surface area contributed by atoms with E-state index in [9.17, 15) is 14.7 Å². The van der Waals surface area contributed by atoms with Crippen molar-refractivity contribution < 1.29 is 19.8 Å². The van der Waals surface area contributed by atoms with Gasteiger partial charge in [0.25, 0.3) is 0 Å². The summed E-state index contributed by atoms with van der Waals surface area (Å²) in [6.45, 7) is 4.64. The van der Waals surface area contributed by atoms with Gasteiger partial charge in [-0.05, 0) is 19.3 Å². The van der Waals surface area contributed by atoms with Gasteiger partial charge >= 0.3 is 12.0 Å². The van der Waals surface area contributed by atoms with Crippen LogP contribution in [0.2, 0.25) is 0 Å². The highest BCUT2D eigenvalue weighted by atomic mass is 32.1. The largest absolute Gasteiger partial charge is 0.476 e. The Hall–Kier alpha value is -1.67. The van der Waals surface area contributed by atoms with Crippen molar-refractivity contribution in [2.45, 2.75) is 32.4 Å². The fourth-order valence-corrected chi connectivity index (χ4v) is 2.96. The Bertz CT molecular complexity index is 533. The van der Waals surface area contributed by atoms with Gasteiger partial charge in [-0.25, -0.2) is 14.6 Å². The number of piperidine rings is 1. The Kier molecular flexibility index (Phi) is 4.79. The Morgan fingerprint density at radius 1 is 1.57 bits per heavy atom. The molecule has 2 heterocycles. The number of carboxylic acids is 1. The van der Waals surface area contributed by atoms with Gasteiger partial charge in [-0.3, -0.25) is 0 Å². The van der Waals surface area contributed by atoms with Crippen molar-refractivity contribution in [3.05, 3.63) is 16.1 Å². The highest BCUT2D eigenvalue weighted by Gasteiger charge is 2.28. The summed E-state index contributed by atoms with van der Waals surface area (Å²) in [6, 6.07) is -0.632. The van der Waals surface area contributed by atoms with Gasteiger partial charge in [0.2, 0.25) is 0 Å². The van der Waals surface area contributed by atoms with Crippen LogP contribution in [0.3, 0.4) is 0 Å². The van der Waals surface area contributed by atoms with Crippen molar-refractivity contribution in [2.75, 3.05) is 13.1 Å². The number of nitrogens with zero attached hydrogens (tertiary/aromatic N) is 2. The number of nitrogens with one attached hydrogen (secondary N) is 1. The summed E-state index contributed by atoms with van der Waals surface area (Å²) < 4.78 is 0. The number of aliphatic hydroxyl groups is 1. The minimum absolute atomic E-state index is 0.0154. The number of carbonyl (C=O) groups is 2. The maximum atomic E-state index is 12.1. The van der Waals surface area contributed by atoms with Crippen LogP contribution in [0.15, 0.2) is 5.38 Å². The Labute approximate surface area is 126 Å². The van der Waals surface area contributed by atoms with Gasteiger partial charge in [0.05, 0.1) is 12.1 Å². The van der Waals surface area contributed by atoms with E-state index < -0.39 is 12.1 Å². The van der Waals surface area contributed by atoms with E-state index in [1.54, 1.807) is 11.8 Å². The molecule has 0 radical (unpaired) electrons. The molecule has 3 unspecified atom stereocenters. The Morgan fingerprint density at radius 2 is 2.29 bits per heavy atom. The molecule has 1 aromatic heterocycles. The van der Waals surface area contributed by atoms with E-state index in [-0.39, 0.29) is 23.7 Å². The van der Waals surface area contributed by atoms with Crippen LogP contribution in [0, 0.1) is 5.92 Å². The number of carboxylic acid groups (broad SMARTS) is 1. The molecule has 0 aromatic carbocycles. The van der Waals surface area contributed by atoms with Gasteiger partial charge in [0, 0.05) is 18.5 Å². The maximum absolute atomic E-state index is 12.1. The lowest BCUT2D eigenvalue weighted by atomic mass is 9.96. The average molecular weight is 313 g/mol. The number of carbonyl (C=O) groups excluding carboxylic acids is 1. The molecular weight excluding hydrogens is 294 g/mol. The molecule has 8 heteroatoms. The predicted molar refractivity (Wildman–Crippen MR) is 77.4 cm³/mol. The smallest absolute Gasteiger partial charge is 0.355 e. The molecule has 2 amide bonds. The average Bonchev–Trinajstić information content (AvgIpc) is 2.91. The number of aromatic carboxylic acids is 1. The summed E-state index contributed by atoms with van der Waals surface area (Å²) in [5.74, 6) is -0.882. The zero-order valence-electron chi connectivity index (χ0n) is 11.9. The summed E-state index contributed by atoms with van der Waals surface area (Å²) in [7, 11) is 0. The lowest BCUT2D eigenvalue weighted by Gasteiger charge is -2.34.